The normalized spacial score (nSPS) is 10.7. The molecule has 0 radical (unpaired) electrons. The predicted molar refractivity (Wildman–Crippen MR) is 74.5 cm³/mol. The summed E-state index contributed by atoms with van der Waals surface area (Å²) in [6, 6.07) is 6.59. The molecule has 0 amide bonds. The van der Waals surface area contributed by atoms with E-state index in [9.17, 15) is 4.39 Å². The van der Waals surface area contributed by atoms with Gasteiger partial charge < -0.3 is 14.5 Å². The second-order valence-corrected chi connectivity index (χ2v) is 4.93. The molecule has 0 aliphatic heterocycles. The molecule has 0 bridgehead atoms. The van der Waals surface area contributed by atoms with Crippen molar-refractivity contribution in [2.45, 2.75) is 20.1 Å². The highest BCUT2D eigenvalue weighted by Gasteiger charge is 2.09. The van der Waals surface area contributed by atoms with Crippen LogP contribution in [-0.4, -0.2) is 6.54 Å². The SMILES string of the molecule is CCNCc1ccoc1COc1ccc(Br)cc1F. The Morgan fingerprint density at radius 3 is 2.95 bits per heavy atom. The number of rotatable bonds is 6. The van der Waals surface area contributed by atoms with Crippen LogP contribution in [0.1, 0.15) is 18.2 Å². The fourth-order valence-electron chi connectivity index (χ4n) is 1.65. The molecule has 0 spiro atoms. The molecule has 2 aromatic rings. The molecule has 0 atom stereocenters. The first-order chi connectivity index (χ1) is 9.20. The summed E-state index contributed by atoms with van der Waals surface area (Å²) in [6.07, 6.45) is 1.61. The summed E-state index contributed by atoms with van der Waals surface area (Å²) >= 11 is 3.20. The molecule has 0 saturated carbocycles. The minimum atomic E-state index is -0.394. The van der Waals surface area contributed by atoms with E-state index >= 15 is 0 Å². The van der Waals surface area contributed by atoms with Crippen molar-refractivity contribution in [1.29, 1.82) is 0 Å². The van der Waals surface area contributed by atoms with Crippen molar-refractivity contribution in [3.63, 3.8) is 0 Å². The molecule has 0 fully saturated rings. The Morgan fingerprint density at radius 2 is 2.21 bits per heavy atom. The third-order valence-corrected chi connectivity index (χ3v) is 3.15. The monoisotopic (exact) mass is 327 g/mol. The van der Waals surface area contributed by atoms with Gasteiger partial charge in [-0.25, -0.2) is 4.39 Å². The fraction of sp³-hybridized carbons (Fsp3) is 0.286. The Bertz CT molecular complexity index is 542. The summed E-state index contributed by atoms with van der Waals surface area (Å²) in [4.78, 5) is 0. The molecule has 3 nitrogen and oxygen atoms in total. The quantitative estimate of drug-likeness (QED) is 0.874. The Balaban J connectivity index is 2.00. The van der Waals surface area contributed by atoms with Crippen LogP contribution in [0.5, 0.6) is 5.75 Å². The predicted octanol–water partition coefficient (Wildman–Crippen LogP) is 3.87. The van der Waals surface area contributed by atoms with Crippen LogP contribution >= 0.6 is 15.9 Å². The highest BCUT2D eigenvalue weighted by Crippen LogP contribution is 2.23. The summed E-state index contributed by atoms with van der Waals surface area (Å²) in [5.41, 5.74) is 1.03. The van der Waals surface area contributed by atoms with E-state index in [-0.39, 0.29) is 12.4 Å². The average molecular weight is 328 g/mol. The summed E-state index contributed by atoms with van der Waals surface area (Å²) in [7, 11) is 0. The molecule has 0 aliphatic carbocycles. The standard InChI is InChI=1S/C14H15BrFNO2/c1-2-17-8-10-5-6-18-14(10)9-19-13-4-3-11(15)7-12(13)16/h3-7,17H,2,8-9H2,1H3. The van der Waals surface area contributed by atoms with Crippen LogP contribution < -0.4 is 10.1 Å². The lowest BCUT2D eigenvalue weighted by Crippen LogP contribution is -2.12. The van der Waals surface area contributed by atoms with E-state index in [1.807, 2.05) is 13.0 Å². The van der Waals surface area contributed by atoms with Gasteiger partial charge in [0.15, 0.2) is 11.6 Å². The Hall–Kier alpha value is -1.33. The van der Waals surface area contributed by atoms with Gasteiger partial charge in [0, 0.05) is 16.6 Å². The molecule has 1 aromatic heterocycles. The zero-order valence-electron chi connectivity index (χ0n) is 10.6. The van der Waals surface area contributed by atoms with Gasteiger partial charge in [0.25, 0.3) is 0 Å². The average Bonchev–Trinajstić information content (AvgIpc) is 2.83. The summed E-state index contributed by atoms with van der Waals surface area (Å²) in [5, 5.41) is 3.21. The molecule has 5 heteroatoms. The van der Waals surface area contributed by atoms with Crippen LogP contribution in [0, 0.1) is 5.82 Å². The lowest BCUT2D eigenvalue weighted by Gasteiger charge is -2.07. The highest BCUT2D eigenvalue weighted by molar-refractivity contribution is 9.10. The molecule has 102 valence electrons. The fourth-order valence-corrected chi connectivity index (χ4v) is 1.98. The van der Waals surface area contributed by atoms with Gasteiger partial charge in [0.2, 0.25) is 0 Å². The van der Waals surface area contributed by atoms with Gasteiger partial charge in [-0.15, -0.1) is 0 Å². The van der Waals surface area contributed by atoms with Crippen molar-refractivity contribution in [3.05, 3.63) is 52.1 Å². The third kappa shape index (κ3) is 3.81. The molecule has 19 heavy (non-hydrogen) atoms. The Morgan fingerprint density at radius 1 is 1.37 bits per heavy atom. The molecule has 0 saturated heterocycles. The molecule has 0 aliphatic rings. The Labute approximate surface area is 119 Å². The van der Waals surface area contributed by atoms with Gasteiger partial charge >= 0.3 is 0 Å². The van der Waals surface area contributed by atoms with Crippen molar-refractivity contribution >= 4 is 15.9 Å². The first kappa shape index (κ1) is 14.1. The number of hydrogen-bond acceptors (Lipinski definition) is 3. The van der Waals surface area contributed by atoms with E-state index in [4.69, 9.17) is 9.15 Å². The lowest BCUT2D eigenvalue weighted by molar-refractivity contribution is 0.256. The molecular formula is C14H15BrFNO2. The van der Waals surface area contributed by atoms with Crippen LogP contribution in [0.2, 0.25) is 0 Å². The smallest absolute Gasteiger partial charge is 0.166 e. The minimum absolute atomic E-state index is 0.215. The largest absolute Gasteiger partial charge is 0.483 e. The zero-order valence-corrected chi connectivity index (χ0v) is 12.2. The number of furan rings is 1. The lowest BCUT2D eigenvalue weighted by atomic mass is 10.2. The van der Waals surface area contributed by atoms with Crippen molar-refractivity contribution < 1.29 is 13.5 Å². The van der Waals surface area contributed by atoms with E-state index in [0.717, 1.165) is 12.1 Å². The van der Waals surface area contributed by atoms with Crippen molar-refractivity contribution in [2.75, 3.05) is 6.54 Å². The van der Waals surface area contributed by atoms with E-state index in [1.54, 1.807) is 18.4 Å². The summed E-state index contributed by atoms with van der Waals surface area (Å²) < 4.78 is 25.1. The highest BCUT2D eigenvalue weighted by atomic mass is 79.9. The molecule has 1 aromatic carbocycles. The topological polar surface area (TPSA) is 34.4 Å². The van der Waals surface area contributed by atoms with Crippen LogP contribution in [-0.2, 0) is 13.2 Å². The second kappa shape index (κ2) is 6.73. The van der Waals surface area contributed by atoms with Gasteiger partial charge in [-0.3, -0.25) is 0 Å². The van der Waals surface area contributed by atoms with Crippen molar-refractivity contribution in [3.8, 4) is 5.75 Å². The molecular weight excluding hydrogens is 313 g/mol. The minimum Gasteiger partial charge on any atom is -0.483 e. The van der Waals surface area contributed by atoms with Crippen molar-refractivity contribution in [1.82, 2.24) is 5.32 Å². The maximum absolute atomic E-state index is 13.6. The van der Waals surface area contributed by atoms with Crippen LogP contribution in [0.15, 0.2) is 39.4 Å². The molecule has 1 N–H and O–H groups in total. The number of nitrogens with one attached hydrogen (secondary N) is 1. The number of hydrogen-bond donors (Lipinski definition) is 1. The maximum atomic E-state index is 13.6. The van der Waals surface area contributed by atoms with Crippen LogP contribution in [0.4, 0.5) is 4.39 Å². The van der Waals surface area contributed by atoms with Crippen LogP contribution in [0.25, 0.3) is 0 Å². The summed E-state index contributed by atoms with van der Waals surface area (Å²) in [6.45, 7) is 3.85. The second-order valence-electron chi connectivity index (χ2n) is 4.01. The van der Waals surface area contributed by atoms with E-state index in [1.165, 1.54) is 6.07 Å². The zero-order chi connectivity index (χ0) is 13.7. The van der Waals surface area contributed by atoms with Gasteiger partial charge in [0.05, 0.1) is 6.26 Å². The number of ether oxygens (including phenoxy) is 1. The van der Waals surface area contributed by atoms with E-state index in [2.05, 4.69) is 21.2 Å². The van der Waals surface area contributed by atoms with Gasteiger partial charge in [-0.05, 0) is 30.8 Å². The van der Waals surface area contributed by atoms with Crippen molar-refractivity contribution in [2.24, 2.45) is 0 Å². The molecule has 2 rings (SSSR count). The molecule has 0 unspecified atom stereocenters. The van der Waals surface area contributed by atoms with Gasteiger partial charge in [-0.2, -0.15) is 0 Å². The third-order valence-electron chi connectivity index (χ3n) is 2.66. The number of benzene rings is 1. The van der Waals surface area contributed by atoms with Gasteiger partial charge in [0.1, 0.15) is 12.4 Å². The first-order valence-electron chi connectivity index (χ1n) is 6.04. The van der Waals surface area contributed by atoms with E-state index < -0.39 is 5.82 Å². The van der Waals surface area contributed by atoms with Gasteiger partial charge in [-0.1, -0.05) is 22.9 Å². The summed E-state index contributed by atoms with van der Waals surface area (Å²) in [5.74, 6) is 0.534. The number of halogens is 2. The molecule has 1 heterocycles. The maximum Gasteiger partial charge on any atom is 0.166 e. The Kier molecular flexibility index (Phi) is 4.99. The van der Waals surface area contributed by atoms with E-state index in [0.29, 0.717) is 16.8 Å². The first-order valence-corrected chi connectivity index (χ1v) is 6.83. The van der Waals surface area contributed by atoms with Crippen LogP contribution in [0.3, 0.4) is 0 Å².